The Bertz CT molecular complexity index is 309. The summed E-state index contributed by atoms with van der Waals surface area (Å²) in [5, 5.41) is 0. The van der Waals surface area contributed by atoms with E-state index < -0.39 is 0 Å². The van der Waals surface area contributed by atoms with Crippen LogP contribution in [0.5, 0.6) is 5.75 Å². The van der Waals surface area contributed by atoms with Gasteiger partial charge in [0.15, 0.2) is 11.6 Å². The fourth-order valence-electron chi connectivity index (χ4n) is 1.55. The molecule has 2 atom stereocenters. The maximum Gasteiger partial charge on any atom is 0.165 e. The maximum absolute atomic E-state index is 13.1. The molecule has 64 valence electrons. The van der Waals surface area contributed by atoms with Gasteiger partial charge in [0, 0.05) is 11.5 Å². The third-order valence-electron chi connectivity index (χ3n) is 2.50. The molecule has 0 fully saturated rings. The average Bonchev–Trinajstić information content (AvgIpc) is 2.32. The lowest BCUT2D eigenvalue weighted by Gasteiger charge is -2.06. The summed E-state index contributed by atoms with van der Waals surface area (Å²) in [5.41, 5.74) is 0.988. The molecule has 0 aromatic heterocycles. The minimum Gasteiger partial charge on any atom is -0.487 e. The normalized spacial score (nSPS) is 26.6. The summed E-state index contributed by atoms with van der Waals surface area (Å²) in [4.78, 5) is 0. The molecular formula is C10H11FO. The molecule has 1 heterocycles. The van der Waals surface area contributed by atoms with Crippen molar-refractivity contribution in [2.24, 2.45) is 0 Å². The second kappa shape index (κ2) is 2.47. The largest absolute Gasteiger partial charge is 0.487 e. The van der Waals surface area contributed by atoms with Gasteiger partial charge in [-0.25, -0.2) is 4.39 Å². The van der Waals surface area contributed by atoms with Gasteiger partial charge in [-0.15, -0.1) is 0 Å². The molecule has 0 N–H and O–H groups in total. The first-order chi connectivity index (χ1) is 5.70. The van der Waals surface area contributed by atoms with Crippen LogP contribution in [0.25, 0.3) is 0 Å². The van der Waals surface area contributed by atoms with E-state index in [0.717, 1.165) is 5.56 Å². The molecule has 0 amide bonds. The SMILES string of the molecule is CC1Oc2c(F)cccc2C1C. The highest BCUT2D eigenvalue weighted by Crippen LogP contribution is 2.39. The Labute approximate surface area is 71.2 Å². The van der Waals surface area contributed by atoms with Crippen molar-refractivity contribution in [2.75, 3.05) is 0 Å². The monoisotopic (exact) mass is 166 g/mol. The van der Waals surface area contributed by atoms with Crippen molar-refractivity contribution in [1.82, 2.24) is 0 Å². The van der Waals surface area contributed by atoms with Crippen molar-refractivity contribution in [1.29, 1.82) is 0 Å². The molecule has 1 aliphatic rings. The highest BCUT2D eigenvalue weighted by molar-refractivity contribution is 5.41. The number of benzene rings is 1. The van der Waals surface area contributed by atoms with Crippen LogP contribution in [0, 0.1) is 5.82 Å². The van der Waals surface area contributed by atoms with Crippen molar-refractivity contribution in [3.8, 4) is 5.75 Å². The number of halogens is 1. The van der Waals surface area contributed by atoms with Gasteiger partial charge in [-0.3, -0.25) is 0 Å². The Morgan fingerprint density at radius 3 is 2.75 bits per heavy atom. The quantitative estimate of drug-likeness (QED) is 0.575. The number of rotatable bonds is 0. The van der Waals surface area contributed by atoms with Gasteiger partial charge in [-0.1, -0.05) is 19.1 Å². The molecule has 0 spiro atoms. The molecular weight excluding hydrogens is 155 g/mol. The summed E-state index contributed by atoms with van der Waals surface area (Å²) in [6.45, 7) is 4.01. The highest BCUT2D eigenvalue weighted by atomic mass is 19.1. The van der Waals surface area contributed by atoms with Gasteiger partial charge >= 0.3 is 0 Å². The summed E-state index contributed by atoms with van der Waals surface area (Å²) in [7, 11) is 0. The zero-order valence-electron chi connectivity index (χ0n) is 7.17. The first kappa shape index (κ1) is 7.59. The van der Waals surface area contributed by atoms with Crippen molar-refractivity contribution in [3.63, 3.8) is 0 Å². The Hall–Kier alpha value is -1.05. The van der Waals surface area contributed by atoms with Gasteiger partial charge in [0.1, 0.15) is 6.10 Å². The molecule has 1 aliphatic heterocycles. The Morgan fingerprint density at radius 2 is 2.08 bits per heavy atom. The van der Waals surface area contributed by atoms with E-state index in [0.29, 0.717) is 11.7 Å². The lowest BCUT2D eigenvalue weighted by atomic mass is 9.99. The predicted molar refractivity (Wildman–Crippen MR) is 44.9 cm³/mol. The first-order valence-electron chi connectivity index (χ1n) is 4.15. The van der Waals surface area contributed by atoms with Crippen LogP contribution in [0.2, 0.25) is 0 Å². The van der Waals surface area contributed by atoms with E-state index in [1.54, 1.807) is 6.07 Å². The van der Waals surface area contributed by atoms with Crippen molar-refractivity contribution in [2.45, 2.75) is 25.9 Å². The zero-order valence-corrected chi connectivity index (χ0v) is 7.17. The third kappa shape index (κ3) is 0.909. The lowest BCUT2D eigenvalue weighted by molar-refractivity contribution is 0.224. The molecule has 0 saturated carbocycles. The van der Waals surface area contributed by atoms with Gasteiger partial charge in [-0.05, 0) is 13.0 Å². The number of hydrogen-bond acceptors (Lipinski definition) is 1. The number of hydrogen-bond donors (Lipinski definition) is 0. The number of ether oxygens (including phenoxy) is 1. The van der Waals surface area contributed by atoms with Crippen molar-refractivity contribution < 1.29 is 9.13 Å². The van der Waals surface area contributed by atoms with Crippen LogP contribution in [-0.4, -0.2) is 6.10 Å². The second-order valence-corrected chi connectivity index (χ2v) is 3.27. The van der Waals surface area contributed by atoms with Crippen LogP contribution >= 0.6 is 0 Å². The van der Waals surface area contributed by atoms with Crippen LogP contribution in [0.4, 0.5) is 4.39 Å². The second-order valence-electron chi connectivity index (χ2n) is 3.27. The molecule has 0 aliphatic carbocycles. The van der Waals surface area contributed by atoms with Crippen molar-refractivity contribution in [3.05, 3.63) is 29.6 Å². The highest BCUT2D eigenvalue weighted by Gasteiger charge is 2.29. The van der Waals surface area contributed by atoms with Crippen LogP contribution < -0.4 is 4.74 Å². The maximum atomic E-state index is 13.1. The predicted octanol–water partition coefficient (Wildman–Crippen LogP) is 2.71. The van der Waals surface area contributed by atoms with E-state index in [9.17, 15) is 4.39 Å². The van der Waals surface area contributed by atoms with Gasteiger partial charge in [0.05, 0.1) is 0 Å². The molecule has 2 rings (SSSR count). The van der Waals surface area contributed by atoms with E-state index in [1.807, 2.05) is 13.0 Å². The summed E-state index contributed by atoms with van der Waals surface area (Å²) < 4.78 is 18.5. The molecule has 12 heavy (non-hydrogen) atoms. The molecule has 0 bridgehead atoms. The van der Waals surface area contributed by atoms with Crippen LogP contribution in [-0.2, 0) is 0 Å². The summed E-state index contributed by atoms with van der Waals surface area (Å²) in [5.74, 6) is 0.497. The van der Waals surface area contributed by atoms with E-state index in [2.05, 4.69) is 6.92 Å². The molecule has 2 unspecified atom stereocenters. The zero-order chi connectivity index (χ0) is 8.72. The molecule has 0 saturated heterocycles. The van der Waals surface area contributed by atoms with Crippen LogP contribution in [0.3, 0.4) is 0 Å². The van der Waals surface area contributed by atoms with Gasteiger partial charge in [0.25, 0.3) is 0 Å². The van der Waals surface area contributed by atoms with Gasteiger partial charge < -0.3 is 4.74 Å². The molecule has 0 radical (unpaired) electrons. The summed E-state index contributed by atoms with van der Waals surface area (Å²) in [6.07, 6.45) is 0.0944. The summed E-state index contributed by atoms with van der Waals surface area (Å²) in [6, 6.07) is 5.09. The Kier molecular flexibility index (Phi) is 1.56. The Morgan fingerprint density at radius 1 is 1.33 bits per heavy atom. The van der Waals surface area contributed by atoms with Crippen LogP contribution in [0.1, 0.15) is 25.3 Å². The Balaban J connectivity index is 2.53. The molecule has 2 heteroatoms. The molecule has 1 aromatic rings. The van der Waals surface area contributed by atoms with E-state index in [-0.39, 0.29) is 11.9 Å². The summed E-state index contributed by atoms with van der Waals surface area (Å²) >= 11 is 0. The third-order valence-corrected chi connectivity index (χ3v) is 2.50. The topological polar surface area (TPSA) is 9.23 Å². The van der Waals surface area contributed by atoms with E-state index in [4.69, 9.17) is 4.74 Å². The fourth-order valence-corrected chi connectivity index (χ4v) is 1.55. The van der Waals surface area contributed by atoms with Gasteiger partial charge in [0.2, 0.25) is 0 Å². The number of para-hydroxylation sites is 1. The van der Waals surface area contributed by atoms with E-state index in [1.165, 1.54) is 6.07 Å². The first-order valence-corrected chi connectivity index (χ1v) is 4.15. The van der Waals surface area contributed by atoms with Crippen molar-refractivity contribution >= 4 is 0 Å². The number of fused-ring (bicyclic) bond motifs is 1. The lowest BCUT2D eigenvalue weighted by Crippen LogP contribution is -2.10. The fraction of sp³-hybridized carbons (Fsp3) is 0.400. The van der Waals surface area contributed by atoms with E-state index >= 15 is 0 Å². The molecule has 1 aromatic carbocycles. The average molecular weight is 166 g/mol. The minimum absolute atomic E-state index is 0.0944. The minimum atomic E-state index is -0.247. The smallest absolute Gasteiger partial charge is 0.165 e. The standard InChI is InChI=1S/C10H11FO/c1-6-7(2)12-10-8(6)4-3-5-9(10)11/h3-7H,1-2H3. The molecule has 1 nitrogen and oxygen atoms in total. The van der Waals surface area contributed by atoms with Gasteiger partial charge in [-0.2, -0.15) is 0 Å². The van der Waals surface area contributed by atoms with Crippen LogP contribution in [0.15, 0.2) is 18.2 Å².